The van der Waals surface area contributed by atoms with Crippen LogP contribution in [0.3, 0.4) is 0 Å². The summed E-state index contributed by atoms with van der Waals surface area (Å²) in [5.41, 5.74) is 2.13. The topological polar surface area (TPSA) is 29.5 Å². The molecular formula is C21H25N2O2S+. The quantitative estimate of drug-likeness (QED) is 0.774. The van der Waals surface area contributed by atoms with Crippen LogP contribution in [-0.4, -0.2) is 56.8 Å². The third-order valence-corrected chi connectivity index (χ3v) is 6.72. The zero-order valence-corrected chi connectivity index (χ0v) is 16.0. The van der Waals surface area contributed by atoms with Crippen LogP contribution in [0, 0.1) is 0 Å². The van der Waals surface area contributed by atoms with Crippen LogP contribution in [0.15, 0.2) is 59.5 Å². The number of carbonyl (C=O) groups is 1. The summed E-state index contributed by atoms with van der Waals surface area (Å²) in [5.74, 6) is 0.194. The van der Waals surface area contributed by atoms with Crippen LogP contribution in [0.2, 0.25) is 0 Å². The summed E-state index contributed by atoms with van der Waals surface area (Å²) in [6.45, 7) is 5.35. The minimum atomic E-state index is -0.166. The molecule has 0 spiro atoms. The molecule has 2 aromatic carbocycles. The maximum Gasteiger partial charge on any atom is 0.245 e. The van der Waals surface area contributed by atoms with Gasteiger partial charge in [-0.15, -0.1) is 11.8 Å². The van der Waals surface area contributed by atoms with Gasteiger partial charge in [0.05, 0.1) is 39.0 Å². The molecule has 1 amide bonds. The molecule has 1 saturated heterocycles. The molecule has 136 valence electrons. The van der Waals surface area contributed by atoms with Crippen molar-refractivity contribution in [3.05, 3.63) is 60.2 Å². The summed E-state index contributed by atoms with van der Waals surface area (Å²) in [6, 6.07) is 18.4. The number of quaternary nitrogens is 1. The van der Waals surface area contributed by atoms with Gasteiger partial charge < -0.3 is 14.1 Å². The zero-order valence-electron chi connectivity index (χ0n) is 15.1. The predicted octanol–water partition coefficient (Wildman–Crippen LogP) is 3.34. The summed E-state index contributed by atoms with van der Waals surface area (Å²) in [6.07, 6.45) is 0. The van der Waals surface area contributed by atoms with E-state index in [1.165, 1.54) is 4.90 Å². The number of nitrogens with zero attached hydrogens (tertiary/aromatic N) is 2. The Bertz CT molecular complexity index is 775. The molecule has 4 nitrogen and oxygen atoms in total. The summed E-state index contributed by atoms with van der Waals surface area (Å²) >= 11 is 1.67. The molecule has 2 aromatic rings. The number of hydrogen-bond acceptors (Lipinski definition) is 3. The molecule has 0 N–H and O–H groups in total. The van der Waals surface area contributed by atoms with Crippen LogP contribution in [0.25, 0.3) is 0 Å². The number of anilines is 1. The van der Waals surface area contributed by atoms with Gasteiger partial charge in [-0.05, 0) is 17.7 Å². The highest BCUT2D eigenvalue weighted by Gasteiger charge is 2.36. The molecule has 0 bridgehead atoms. The molecule has 2 aliphatic heterocycles. The van der Waals surface area contributed by atoms with E-state index in [1.807, 2.05) is 29.2 Å². The first kappa shape index (κ1) is 17.6. The lowest BCUT2D eigenvalue weighted by Crippen LogP contribution is -2.55. The molecule has 26 heavy (non-hydrogen) atoms. The van der Waals surface area contributed by atoms with Crippen molar-refractivity contribution in [2.75, 3.05) is 51.3 Å². The maximum atomic E-state index is 13.3. The fourth-order valence-electron chi connectivity index (χ4n) is 3.64. The Morgan fingerprint density at radius 3 is 2.54 bits per heavy atom. The first-order chi connectivity index (χ1) is 12.7. The number of para-hydroxylation sites is 1. The Labute approximate surface area is 159 Å². The second-order valence-electron chi connectivity index (χ2n) is 7.27. The number of likely N-dealkylation sites (N-methyl/N-ethyl adjacent to an activating group) is 1. The highest BCUT2D eigenvalue weighted by Crippen LogP contribution is 2.46. The van der Waals surface area contributed by atoms with Gasteiger partial charge in [0.15, 0.2) is 0 Å². The van der Waals surface area contributed by atoms with Gasteiger partial charge in [0.25, 0.3) is 0 Å². The van der Waals surface area contributed by atoms with E-state index in [9.17, 15) is 4.79 Å². The lowest BCUT2D eigenvalue weighted by atomic mass is 10.1. The van der Waals surface area contributed by atoms with Crippen molar-refractivity contribution in [1.82, 2.24) is 0 Å². The van der Waals surface area contributed by atoms with Gasteiger partial charge >= 0.3 is 0 Å². The number of carbonyl (C=O) groups excluding carboxylic acids is 1. The molecule has 0 unspecified atom stereocenters. The van der Waals surface area contributed by atoms with Crippen LogP contribution in [0.5, 0.6) is 0 Å². The highest BCUT2D eigenvalue weighted by atomic mass is 32.2. The van der Waals surface area contributed by atoms with E-state index >= 15 is 0 Å². The summed E-state index contributed by atoms with van der Waals surface area (Å²) in [5, 5.41) is -0.166. The number of morpholine rings is 1. The Kier molecular flexibility index (Phi) is 5.02. The van der Waals surface area contributed by atoms with Crippen molar-refractivity contribution in [3.8, 4) is 0 Å². The molecular weight excluding hydrogens is 344 g/mol. The Morgan fingerprint density at radius 2 is 1.77 bits per heavy atom. The van der Waals surface area contributed by atoms with Gasteiger partial charge in [0.2, 0.25) is 5.91 Å². The van der Waals surface area contributed by atoms with Crippen LogP contribution < -0.4 is 4.90 Å². The Morgan fingerprint density at radius 1 is 1.08 bits per heavy atom. The van der Waals surface area contributed by atoms with Crippen molar-refractivity contribution >= 4 is 23.4 Å². The lowest BCUT2D eigenvalue weighted by molar-refractivity contribution is -0.915. The monoisotopic (exact) mass is 369 g/mol. The smallest absolute Gasteiger partial charge is 0.245 e. The first-order valence-corrected chi connectivity index (χ1v) is 10.1. The highest BCUT2D eigenvalue weighted by molar-refractivity contribution is 8.00. The van der Waals surface area contributed by atoms with Crippen molar-refractivity contribution in [2.45, 2.75) is 10.1 Å². The third kappa shape index (κ3) is 3.52. The van der Waals surface area contributed by atoms with Crippen LogP contribution in [0.4, 0.5) is 5.69 Å². The van der Waals surface area contributed by atoms with Crippen molar-refractivity contribution < 1.29 is 14.0 Å². The molecule has 5 heteroatoms. The van der Waals surface area contributed by atoms with E-state index < -0.39 is 0 Å². The number of fused-ring (bicyclic) bond motifs is 1. The average Bonchev–Trinajstić information content (AvgIpc) is 2.68. The molecule has 0 aromatic heterocycles. The molecule has 2 heterocycles. The van der Waals surface area contributed by atoms with Crippen molar-refractivity contribution in [1.29, 1.82) is 0 Å². The zero-order chi connectivity index (χ0) is 18.0. The maximum absolute atomic E-state index is 13.3. The average molecular weight is 370 g/mol. The van der Waals surface area contributed by atoms with E-state index in [2.05, 4.69) is 37.4 Å². The molecule has 0 radical (unpaired) electrons. The van der Waals surface area contributed by atoms with Gasteiger partial charge in [-0.3, -0.25) is 4.79 Å². The fraction of sp³-hybridized carbons (Fsp3) is 0.381. The molecule has 1 fully saturated rings. The molecule has 0 aliphatic carbocycles. The number of thioether (sulfide) groups is 1. The second kappa shape index (κ2) is 7.43. The molecule has 4 rings (SSSR count). The fourth-order valence-corrected chi connectivity index (χ4v) is 4.87. The molecule has 0 saturated carbocycles. The van der Waals surface area contributed by atoms with Crippen LogP contribution in [-0.2, 0) is 9.53 Å². The van der Waals surface area contributed by atoms with Gasteiger partial charge in [-0.25, -0.2) is 0 Å². The third-order valence-electron chi connectivity index (χ3n) is 5.41. The van der Waals surface area contributed by atoms with E-state index in [1.54, 1.807) is 11.8 Å². The van der Waals surface area contributed by atoms with Gasteiger partial charge in [0, 0.05) is 4.90 Å². The minimum Gasteiger partial charge on any atom is -0.370 e. The minimum absolute atomic E-state index is 0.166. The van der Waals surface area contributed by atoms with Crippen molar-refractivity contribution in [2.24, 2.45) is 0 Å². The molecule has 2 aliphatic rings. The standard InChI is InChI=1S/C21H25N2O2S/c1-23(13-15-25-16-14-23)12-11-22-18-9-5-6-10-19(18)26-20(21(22)24)17-7-3-2-4-8-17/h2-10,20H,11-16H2,1H3/q+1/t20-/m0/s1. The van der Waals surface area contributed by atoms with E-state index in [-0.39, 0.29) is 11.2 Å². The van der Waals surface area contributed by atoms with Gasteiger partial charge in [0.1, 0.15) is 18.3 Å². The van der Waals surface area contributed by atoms with Crippen LogP contribution in [0.1, 0.15) is 10.8 Å². The van der Waals surface area contributed by atoms with Crippen LogP contribution >= 0.6 is 11.8 Å². The number of rotatable bonds is 4. The lowest BCUT2D eigenvalue weighted by Gasteiger charge is -2.40. The Hall–Kier alpha value is -1.82. The normalized spacial score (nSPS) is 22.1. The van der Waals surface area contributed by atoms with Gasteiger partial charge in [-0.1, -0.05) is 42.5 Å². The largest absolute Gasteiger partial charge is 0.370 e. The van der Waals surface area contributed by atoms with Crippen molar-refractivity contribution in [3.63, 3.8) is 0 Å². The molecule has 1 atom stereocenters. The number of hydrogen-bond donors (Lipinski definition) is 0. The van der Waals surface area contributed by atoms with E-state index in [0.29, 0.717) is 0 Å². The summed E-state index contributed by atoms with van der Waals surface area (Å²) in [4.78, 5) is 16.5. The Balaban J connectivity index is 1.60. The number of ether oxygens (including phenoxy) is 1. The van der Waals surface area contributed by atoms with Gasteiger partial charge in [-0.2, -0.15) is 0 Å². The van der Waals surface area contributed by atoms with E-state index in [4.69, 9.17) is 4.74 Å². The summed E-state index contributed by atoms with van der Waals surface area (Å²) < 4.78 is 6.48. The number of amides is 1. The summed E-state index contributed by atoms with van der Waals surface area (Å²) in [7, 11) is 2.27. The number of benzene rings is 2. The van der Waals surface area contributed by atoms with E-state index in [0.717, 1.165) is 55.1 Å². The SMILES string of the molecule is C[N+]1(CCN2C(=O)[C@H](c3ccccc3)Sc3ccccc32)CCOCC1. The second-order valence-corrected chi connectivity index (χ2v) is 8.42. The first-order valence-electron chi connectivity index (χ1n) is 9.20. The predicted molar refractivity (Wildman–Crippen MR) is 105 cm³/mol.